The highest BCUT2D eigenvalue weighted by atomic mass is 16.1. The van der Waals surface area contributed by atoms with Gasteiger partial charge in [-0.1, -0.05) is 117 Å². The molecule has 0 spiro atoms. The largest absolute Gasteiger partial charge is 0.351 e. The molecule has 0 aromatic rings. The standard InChI is InChI=1S/C22H46N2O.C2H6/c1-4-5-6-7-8-9-10-11-12-13-14-15-16-17-18-19-20-23-22(25)21-24(2)3;1-2/h4-21H2,1-3H3,(H,23,25);1-2H3/p+1. The molecule has 0 radical (unpaired) electrons. The third kappa shape index (κ3) is 27.7. The first-order valence-electron chi connectivity index (χ1n) is 12.2. The van der Waals surface area contributed by atoms with Gasteiger partial charge in [0.05, 0.1) is 14.1 Å². The van der Waals surface area contributed by atoms with Crippen LogP contribution < -0.4 is 10.2 Å². The fourth-order valence-electron chi connectivity index (χ4n) is 3.28. The Morgan fingerprint density at radius 3 is 1.30 bits per heavy atom. The lowest BCUT2D eigenvalue weighted by Crippen LogP contribution is -3.07. The van der Waals surface area contributed by atoms with E-state index in [1.807, 2.05) is 27.9 Å². The zero-order valence-corrected chi connectivity index (χ0v) is 19.6. The van der Waals surface area contributed by atoms with E-state index in [9.17, 15) is 4.79 Å². The number of likely N-dealkylation sites (N-methyl/N-ethyl adjacent to an activating group) is 1. The summed E-state index contributed by atoms with van der Waals surface area (Å²) in [4.78, 5) is 12.7. The molecule has 164 valence electrons. The van der Waals surface area contributed by atoms with Crippen LogP contribution in [0.15, 0.2) is 0 Å². The molecule has 0 atom stereocenters. The summed E-state index contributed by atoms with van der Waals surface area (Å²) < 4.78 is 0. The molecule has 27 heavy (non-hydrogen) atoms. The van der Waals surface area contributed by atoms with Gasteiger partial charge in [-0.05, 0) is 6.42 Å². The van der Waals surface area contributed by atoms with Crippen molar-refractivity contribution in [3.05, 3.63) is 0 Å². The molecule has 3 nitrogen and oxygen atoms in total. The van der Waals surface area contributed by atoms with Crippen LogP contribution in [-0.4, -0.2) is 33.1 Å². The van der Waals surface area contributed by atoms with Crippen molar-refractivity contribution in [2.24, 2.45) is 0 Å². The molecular weight excluding hydrogens is 332 g/mol. The van der Waals surface area contributed by atoms with Crippen LogP contribution in [0, 0.1) is 0 Å². The summed E-state index contributed by atoms with van der Waals surface area (Å²) in [7, 11) is 4.02. The third-order valence-electron chi connectivity index (χ3n) is 4.87. The molecule has 0 rings (SSSR count). The maximum atomic E-state index is 11.5. The molecule has 0 aliphatic heterocycles. The summed E-state index contributed by atoms with van der Waals surface area (Å²) in [5.41, 5.74) is 0. The number of hydrogen-bond acceptors (Lipinski definition) is 1. The van der Waals surface area contributed by atoms with Gasteiger partial charge in [-0.2, -0.15) is 0 Å². The van der Waals surface area contributed by atoms with Crippen molar-refractivity contribution < 1.29 is 9.69 Å². The number of carbonyl (C=O) groups is 1. The van der Waals surface area contributed by atoms with Crippen LogP contribution in [0.4, 0.5) is 0 Å². The van der Waals surface area contributed by atoms with Crippen molar-refractivity contribution in [1.29, 1.82) is 0 Å². The predicted octanol–water partition coefficient (Wildman–Crippen LogP) is 5.53. The highest BCUT2D eigenvalue weighted by molar-refractivity contribution is 5.76. The second-order valence-electron chi connectivity index (χ2n) is 8.04. The Bertz CT molecular complexity index is 280. The van der Waals surface area contributed by atoms with E-state index in [1.54, 1.807) is 0 Å². The topological polar surface area (TPSA) is 33.5 Å². The monoisotopic (exact) mass is 385 g/mol. The fourth-order valence-corrected chi connectivity index (χ4v) is 3.28. The maximum Gasteiger partial charge on any atom is 0.275 e. The Hall–Kier alpha value is -0.570. The molecule has 0 fully saturated rings. The predicted molar refractivity (Wildman–Crippen MR) is 122 cm³/mol. The number of quaternary nitrogens is 1. The average Bonchev–Trinajstić information content (AvgIpc) is 2.65. The Morgan fingerprint density at radius 2 is 0.963 bits per heavy atom. The summed E-state index contributed by atoms with van der Waals surface area (Å²) >= 11 is 0. The van der Waals surface area contributed by atoms with E-state index in [0.29, 0.717) is 6.54 Å². The first kappa shape index (κ1) is 28.6. The van der Waals surface area contributed by atoms with E-state index in [4.69, 9.17) is 0 Å². The van der Waals surface area contributed by atoms with Gasteiger partial charge in [0.2, 0.25) is 0 Å². The minimum Gasteiger partial charge on any atom is -0.351 e. The molecule has 0 bridgehead atoms. The summed E-state index contributed by atoms with van der Waals surface area (Å²) in [5, 5.41) is 3.00. The minimum absolute atomic E-state index is 0.181. The van der Waals surface area contributed by atoms with E-state index >= 15 is 0 Å². The average molecular weight is 386 g/mol. The number of nitrogens with one attached hydrogen (secondary N) is 2. The van der Waals surface area contributed by atoms with Crippen LogP contribution in [-0.2, 0) is 4.79 Å². The Morgan fingerprint density at radius 1 is 0.630 bits per heavy atom. The molecule has 0 aliphatic carbocycles. The number of rotatable bonds is 19. The van der Waals surface area contributed by atoms with Crippen molar-refractivity contribution in [1.82, 2.24) is 5.32 Å². The Labute approximate surface area is 172 Å². The lowest BCUT2D eigenvalue weighted by atomic mass is 10.0. The third-order valence-corrected chi connectivity index (χ3v) is 4.87. The van der Waals surface area contributed by atoms with E-state index in [0.717, 1.165) is 13.0 Å². The lowest BCUT2D eigenvalue weighted by molar-refractivity contribution is -0.849. The van der Waals surface area contributed by atoms with Crippen molar-refractivity contribution in [2.45, 2.75) is 124 Å². The lowest BCUT2D eigenvalue weighted by Gasteiger charge is -2.08. The minimum atomic E-state index is 0.181. The maximum absolute atomic E-state index is 11.5. The number of carbonyl (C=O) groups excluding carboxylic acids is 1. The zero-order valence-electron chi connectivity index (χ0n) is 19.6. The Kier molecular flexibility index (Phi) is 27.0. The second kappa shape index (κ2) is 25.4. The fraction of sp³-hybridized carbons (Fsp3) is 0.958. The van der Waals surface area contributed by atoms with Gasteiger partial charge >= 0.3 is 0 Å². The van der Waals surface area contributed by atoms with Crippen molar-refractivity contribution in [2.75, 3.05) is 27.2 Å². The van der Waals surface area contributed by atoms with Crippen molar-refractivity contribution in [3.8, 4) is 0 Å². The number of unbranched alkanes of at least 4 members (excludes halogenated alkanes) is 15. The molecule has 0 saturated carbocycles. The second-order valence-corrected chi connectivity index (χ2v) is 8.04. The van der Waals surface area contributed by atoms with Crippen LogP contribution in [0.5, 0.6) is 0 Å². The highest BCUT2D eigenvalue weighted by Gasteiger charge is 2.03. The molecule has 1 amide bonds. The van der Waals surface area contributed by atoms with Crippen molar-refractivity contribution >= 4 is 5.91 Å². The summed E-state index contributed by atoms with van der Waals surface area (Å²) in [6.45, 7) is 7.72. The molecule has 0 aromatic heterocycles. The normalized spacial score (nSPS) is 10.6. The molecule has 0 heterocycles. The molecular formula is C24H53N2O+. The van der Waals surface area contributed by atoms with Gasteiger partial charge in [-0.3, -0.25) is 4.79 Å². The van der Waals surface area contributed by atoms with Crippen LogP contribution in [0.3, 0.4) is 0 Å². The van der Waals surface area contributed by atoms with Crippen molar-refractivity contribution in [3.63, 3.8) is 0 Å². The van der Waals surface area contributed by atoms with E-state index < -0.39 is 0 Å². The number of hydrogen-bond donors (Lipinski definition) is 2. The smallest absolute Gasteiger partial charge is 0.275 e. The van der Waals surface area contributed by atoms with Gasteiger partial charge in [0.25, 0.3) is 5.91 Å². The summed E-state index contributed by atoms with van der Waals surface area (Å²) in [5.74, 6) is 0.181. The van der Waals surface area contributed by atoms with Gasteiger partial charge in [0.15, 0.2) is 6.54 Å². The first-order valence-corrected chi connectivity index (χ1v) is 12.2. The zero-order chi connectivity index (χ0) is 20.6. The van der Waals surface area contributed by atoms with E-state index in [1.165, 1.54) is 101 Å². The number of amides is 1. The molecule has 0 aliphatic rings. The first-order chi connectivity index (χ1) is 13.2. The summed E-state index contributed by atoms with van der Waals surface area (Å²) in [6, 6.07) is 0. The van der Waals surface area contributed by atoms with Crippen LogP contribution >= 0.6 is 0 Å². The van der Waals surface area contributed by atoms with Gasteiger partial charge < -0.3 is 10.2 Å². The highest BCUT2D eigenvalue weighted by Crippen LogP contribution is 2.13. The van der Waals surface area contributed by atoms with Gasteiger partial charge in [0.1, 0.15) is 0 Å². The molecule has 0 saturated heterocycles. The Balaban J connectivity index is 0. The SMILES string of the molecule is CC.CCCCCCCCCCCCCCCCCCNC(=O)C[NH+](C)C. The van der Waals surface area contributed by atoms with Crippen LogP contribution in [0.2, 0.25) is 0 Å². The van der Waals surface area contributed by atoms with Gasteiger partial charge in [-0.15, -0.1) is 0 Å². The molecule has 0 aromatic carbocycles. The van der Waals surface area contributed by atoms with Crippen LogP contribution in [0.1, 0.15) is 124 Å². The van der Waals surface area contributed by atoms with Gasteiger partial charge in [0, 0.05) is 6.54 Å². The van der Waals surface area contributed by atoms with E-state index in [2.05, 4.69) is 12.2 Å². The van der Waals surface area contributed by atoms with E-state index in [-0.39, 0.29) is 5.91 Å². The van der Waals surface area contributed by atoms with Gasteiger partial charge in [-0.25, -0.2) is 0 Å². The summed E-state index contributed by atoms with van der Waals surface area (Å²) in [6.07, 6.45) is 22.2. The molecule has 2 N–H and O–H groups in total. The van der Waals surface area contributed by atoms with Crippen LogP contribution in [0.25, 0.3) is 0 Å². The molecule has 3 heteroatoms. The quantitative estimate of drug-likeness (QED) is 0.281. The molecule has 0 unspecified atom stereocenters.